The highest BCUT2D eigenvalue weighted by molar-refractivity contribution is 6.31. The van der Waals surface area contributed by atoms with Crippen LogP contribution in [0.15, 0.2) is 48.5 Å². The molecule has 5 heteroatoms. The molecule has 2 aromatic carbocycles. The van der Waals surface area contributed by atoms with Crippen LogP contribution in [0.5, 0.6) is 0 Å². The number of carboxylic acid groups (broad SMARTS) is 1. The summed E-state index contributed by atoms with van der Waals surface area (Å²) in [6.07, 6.45) is 0.0488. The van der Waals surface area contributed by atoms with Gasteiger partial charge in [-0.3, -0.25) is 0 Å². The first-order chi connectivity index (χ1) is 10.3. The summed E-state index contributed by atoms with van der Waals surface area (Å²) in [6.45, 7) is 0.965. The highest BCUT2D eigenvalue weighted by Crippen LogP contribution is 2.28. The van der Waals surface area contributed by atoms with Crippen molar-refractivity contribution in [2.75, 3.05) is 0 Å². The zero-order chi connectivity index (χ0) is 16.3. The van der Waals surface area contributed by atoms with Crippen LogP contribution in [0.4, 0.5) is 4.39 Å². The Hall–Kier alpha value is -1.91. The van der Waals surface area contributed by atoms with Crippen LogP contribution in [0, 0.1) is 0 Å². The maximum absolute atomic E-state index is 14.0. The van der Waals surface area contributed by atoms with Crippen LogP contribution in [0.25, 0.3) is 11.1 Å². The van der Waals surface area contributed by atoms with Crippen molar-refractivity contribution in [1.82, 2.24) is 0 Å². The van der Waals surface area contributed by atoms with Gasteiger partial charge in [0.1, 0.15) is 0 Å². The lowest BCUT2D eigenvalue weighted by molar-refractivity contribution is -0.151. The topological polar surface area (TPSA) is 63.3 Å². The van der Waals surface area contributed by atoms with Gasteiger partial charge >= 0.3 is 5.97 Å². The minimum Gasteiger partial charge on any atom is -0.479 e. The number of carboxylic acids is 1. The lowest BCUT2D eigenvalue weighted by atomic mass is 9.92. The van der Waals surface area contributed by atoms with Gasteiger partial charge in [-0.2, -0.15) is 0 Å². The lowest BCUT2D eigenvalue weighted by Crippen LogP contribution is -2.49. The summed E-state index contributed by atoms with van der Waals surface area (Å²) in [7, 11) is 0. The fraction of sp³-hybridized carbons (Fsp3) is 0.235. The Bertz CT molecular complexity index is 674. The molecule has 0 aliphatic rings. The number of hydrogen-bond donors (Lipinski definition) is 2. The summed E-state index contributed by atoms with van der Waals surface area (Å²) >= 11 is 6.23. The maximum Gasteiger partial charge on any atom is 0.342 e. The highest BCUT2D eigenvalue weighted by Gasteiger charge is 2.39. The number of aliphatic carboxylic acids is 1. The minimum absolute atomic E-state index is 0.0488. The van der Waals surface area contributed by atoms with Gasteiger partial charge in [0.05, 0.1) is 6.04 Å². The molecular formula is C17H17ClFNO2. The number of hydrogen-bond acceptors (Lipinski definition) is 2. The van der Waals surface area contributed by atoms with E-state index in [1.165, 1.54) is 0 Å². The largest absolute Gasteiger partial charge is 0.479 e. The molecular weight excluding hydrogens is 305 g/mol. The van der Waals surface area contributed by atoms with Gasteiger partial charge in [0, 0.05) is 5.02 Å². The van der Waals surface area contributed by atoms with Gasteiger partial charge in [-0.15, -0.1) is 0 Å². The standard InChI is InChI=1S/C17H17ClFNO2/c1-17(19,16(21)22)15(20)10-13-8-7-12(9-14(13)18)11-5-3-2-4-6-11/h2-9,15H,10,20H2,1H3,(H,21,22). The molecule has 22 heavy (non-hydrogen) atoms. The van der Waals surface area contributed by atoms with Crippen molar-refractivity contribution in [3.63, 3.8) is 0 Å². The first kappa shape index (κ1) is 16.5. The molecule has 0 aromatic heterocycles. The molecule has 2 rings (SSSR count). The van der Waals surface area contributed by atoms with Crippen LogP contribution in [0.1, 0.15) is 12.5 Å². The fourth-order valence-electron chi connectivity index (χ4n) is 2.11. The molecule has 0 saturated heterocycles. The fourth-order valence-corrected chi connectivity index (χ4v) is 2.37. The van der Waals surface area contributed by atoms with E-state index in [0.29, 0.717) is 10.6 Å². The Morgan fingerprint density at radius 2 is 1.91 bits per heavy atom. The SMILES string of the molecule is CC(F)(C(=O)O)C(N)Cc1ccc(-c2ccccc2)cc1Cl. The van der Waals surface area contributed by atoms with E-state index in [-0.39, 0.29) is 6.42 Å². The van der Waals surface area contributed by atoms with Gasteiger partial charge in [0.25, 0.3) is 0 Å². The summed E-state index contributed by atoms with van der Waals surface area (Å²) < 4.78 is 14.0. The lowest BCUT2D eigenvalue weighted by Gasteiger charge is -2.23. The Morgan fingerprint density at radius 3 is 2.45 bits per heavy atom. The van der Waals surface area contributed by atoms with Gasteiger partial charge in [-0.25, -0.2) is 9.18 Å². The molecule has 0 aliphatic carbocycles. The van der Waals surface area contributed by atoms with E-state index in [2.05, 4.69) is 0 Å². The maximum atomic E-state index is 14.0. The molecule has 0 saturated carbocycles. The van der Waals surface area contributed by atoms with E-state index in [0.717, 1.165) is 18.1 Å². The van der Waals surface area contributed by atoms with Gasteiger partial charge in [-0.1, -0.05) is 54.1 Å². The summed E-state index contributed by atoms with van der Waals surface area (Å²) in [5.74, 6) is -1.57. The van der Waals surface area contributed by atoms with E-state index in [9.17, 15) is 9.18 Å². The predicted octanol–water partition coefficient (Wildman–Crippen LogP) is 3.69. The summed E-state index contributed by atoms with van der Waals surface area (Å²) in [5.41, 5.74) is 5.76. The molecule has 3 nitrogen and oxygen atoms in total. The first-order valence-corrected chi connectivity index (χ1v) is 7.22. The van der Waals surface area contributed by atoms with Crippen LogP contribution >= 0.6 is 11.6 Å². The average molecular weight is 322 g/mol. The van der Waals surface area contributed by atoms with Crippen LogP contribution in [0.2, 0.25) is 5.02 Å². The monoisotopic (exact) mass is 321 g/mol. The van der Waals surface area contributed by atoms with Gasteiger partial charge < -0.3 is 10.8 Å². The molecule has 2 atom stereocenters. The Kier molecular flexibility index (Phi) is 4.84. The van der Waals surface area contributed by atoms with Crippen molar-refractivity contribution >= 4 is 17.6 Å². The number of alkyl halides is 1. The molecule has 116 valence electrons. The molecule has 0 bridgehead atoms. The average Bonchev–Trinajstić information content (AvgIpc) is 2.49. The number of halogens is 2. The number of rotatable bonds is 5. The van der Waals surface area contributed by atoms with E-state index >= 15 is 0 Å². The van der Waals surface area contributed by atoms with Gasteiger partial charge in [-0.05, 0) is 36.1 Å². The van der Waals surface area contributed by atoms with Gasteiger partial charge in [0.15, 0.2) is 0 Å². The highest BCUT2D eigenvalue weighted by atomic mass is 35.5. The van der Waals surface area contributed by atoms with Crippen molar-refractivity contribution in [2.24, 2.45) is 5.73 Å². The Balaban J connectivity index is 2.22. The van der Waals surface area contributed by atoms with Crippen LogP contribution < -0.4 is 5.73 Å². The number of benzene rings is 2. The second kappa shape index (κ2) is 6.46. The predicted molar refractivity (Wildman–Crippen MR) is 85.7 cm³/mol. The van der Waals surface area contributed by atoms with Crippen LogP contribution in [0.3, 0.4) is 0 Å². The van der Waals surface area contributed by atoms with Crippen molar-refractivity contribution in [3.05, 3.63) is 59.1 Å². The molecule has 2 aromatic rings. The third-order valence-corrected chi connectivity index (χ3v) is 4.07. The van der Waals surface area contributed by atoms with E-state index in [1.807, 2.05) is 36.4 Å². The summed E-state index contributed by atoms with van der Waals surface area (Å²) in [5, 5.41) is 9.31. The molecule has 0 aliphatic heterocycles. The summed E-state index contributed by atoms with van der Waals surface area (Å²) in [4.78, 5) is 10.9. The molecule has 3 N–H and O–H groups in total. The first-order valence-electron chi connectivity index (χ1n) is 6.84. The van der Waals surface area contributed by atoms with E-state index < -0.39 is 17.7 Å². The quantitative estimate of drug-likeness (QED) is 0.882. The van der Waals surface area contributed by atoms with E-state index in [1.54, 1.807) is 12.1 Å². The number of carbonyl (C=O) groups is 1. The van der Waals surface area contributed by atoms with Crippen LogP contribution in [-0.2, 0) is 11.2 Å². The molecule has 0 amide bonds. The molecule has 0 heterocycles. The Morgan fingerprint density at radius 1 is 1.27 bits per heavy atom. The Labute approximate surface area is 133 Å². The van der Waals surface area contributed by atoms with Crippen molar-refractivity contribution in [3.8, 4) is 11.1 Å². The molecule has 0 fully saturated rings. The summed E-state index contributed by atoms with van der Waals surface area (Å²) in [6, 6.07) is 13.9. The zero-order valence-electron chi connectivity index (χ0n) is 12.1. The number of nitrogens with two attached hydrogens (primary N) is 1. The smallest absolute Gasteiger partial charge is 0.342 e. The molecule has 2 unspecified atom stereocenters. The van der Waals surface area contributed by atoms with Crippen molar-refractivity contribution < 1.29 is 14.3 Å². The third-order valence-electron chi connectivity index (χ3n) is 3.71. The van der Waals surface area contributed by atoms with E-state index in [4.69, 9.17) is 22.4 Å². The normalized spacial score (nSPS) is 15.1. The second-order valence-corrected chi connectivity index (χ2v) is 5.77. The third kappa shape index (κ3) is 3.46. The zero-order valence-corrected chi connectivity index (χ0v) is 12.8. The van der Waals surface area contributed by atoms with Crippen molar-refractivity contribution in [1.29, 1.82) is 0 Å². The van der Waals surface area contributed by atoms with Crippen molar-refractivity contribution in [2.45, 2.75) is 25.1 Å². The molecule has 0 radical (unpaired) electrons. The second-order valence-electron chi connectivity index (χ2n) is 5.36. The van der Waals surface area contributed by atoms with Crippen LogP contribution in [-0.4, -0.2) is 22.8 Å². The molecule has 0 spiro atoms. The minimum atomic E-state index is -2.50. The van der Waals surface area contributed by atoms with Gasteiger partial charge in [0.2, 0.25) is 5.67 Å².